The summed E-state index contributed by atoms with van der Waals surface area (Å²) in [4.78, 5) is 27.3. The smallest absolute Gasteiger partial charge is 0.410 e. The third-order valence-corrected chi connectivity index (χ3v) is 5.48. The molecule has 1 aliphatic carbocycles. The molecule has 2 aliphatic rings. The molecule has 2 fully saturated rings. The van der Waals surface area contributed by atoms with Gasteiger partial charge in [0.25, 0.3) is 5.91 Å². The van der Waals surface area contributed by atoms with Crippen LogP contribution in [0.2, 0.25) is 0 Å². The first-order valence-electron chi connectivity index (χ1n) is 10.5. The van der Waals surface area contributed by atoms with Crippen LogP contribution in [0, 0.1) is 11.3 Å². The van der Waals surface area contributed by atoms with Crippen LogP contribution in [-0.2, 0) is 25.6 Å². The van der Waals surface area contributed by atoms with Gasteiger partial charge in [0.15, 0.2) is 5.60 Å². The third kappa shape index (κ3) is 5.94. The molecule has 8 nitrogen and oxygen atoms in total. The van der Waals surface area contributed by atoms with Crippen molar-refractivity contribution in [2.75, 3.05) is 32.9 Å². The second kappa shape index (κ2) is 11.0. The molecule has 1 aliphatic heterocycles. The number of benzene rings is 1. The average Bonchev–Trinajstić information content (AvgIpc) is 2.80. The number of carbonyl (C=O) groups excluding carboxylic acids is 2. The average molecular weight is 415 g/mol. The minimum atomic E-state index is -1.23. The Kier molecular flexibility index (Phi) is 8.05. The van der Waals surface area contributed by atoms with Gasteiger partial charge >= 0.3 is 6.09 Å². The van der Waals surface area contributed by atoms with E-state index in [-0.39, 0.29) is 6.61 Å². The van der Waals surface area contributed by atoms with E-state index in [1.807, 2.05) is 30.3 Å². The summed E-state index contributed by atoms with van der Waals surface area (Å²) in [6, 6.07) is 10.9. The van der Waals surface area contributed by atoms with Gasteiger partial charge in [-0.05, 0) is 31.2 Å². The van der Waals surface area contributed by atoms with Crippen LogP contribution in [0.5, 0.6) is 0 Å². The number of amides is 2. The molecule has 1 N–H and O–H groups in total. The molecular weight excluding hydrogens is 386 g/mol. The Labute approximate surface area is 177 Å². The molecule has 0 spiro atoms. The Balaban J connectivity index is 1.57. The Bertz CT molecular complexity index is 737. The first-order valence-corrected chi connectivity index (χ1v) is 10.5. The van der Waals surface area contributed by atoms with Gasteiger partial charge < -0.3 is 24.4 Å². The first kappa shape index (κ1) is 22.1. The van der Waals surface area contributed by atoms with Crippen molar-refractivity contribution in [1.82, 2.24) is 10.2 Å². The summed E-state index contributed by atoms with van der Waals surface area (Å²) in [6.45, 7) is 2.24. The standard InChI is InChI=1S/C22H29N3O5/c23-15-19(17-29-16-18-7-3-1-4-8-18)24-20(26)22(9-5-2-6-10-22)30-21(27)25-11-13-28-14-12-25/h1,3-4,7-8,19H,2,5-6,9-14,16-17H2,(H,24,26). The molecule has 1 aromatic rings. The number of ether oxygens (including phenoxy) is 3. The summed E-state index contributed by atoms with van der Waals surface area (Å²) >= 11 is 0. The molecule has 0 aromatic heterocycles. The van der Waals surface area contributed by atoms with Crippen molar-refractivity contribution in [3.63, 3.8) is 0 Å². The zero-order valence-electron chi connectivity index (χ0n) is 17.2. The summed E-state index contributed by atoms with van der Waals surface area (Å²) in [5, 5.41) is 12.2. The molecule has 2 amide bonds. The number of hydrogen-bond donors (Lipinski definition) is 1. The van der Waals surface area contributed by atoms with E-state index in [1.54, 1.807) is 4.90 Å². The highest BCUT2D eigenvalue weighted by Crippen LogP contribution is 2.33. The fraction of sp³-hybridized carbons (Fsp3) is 0.591. The molecule has 162 valence electrons. The van der Waals surface area contributed by atoms with Gasteiger partial charge in [-0.2, -0.15) is 5.26 Å². The highest BCUT2D eigenvalue weighted by atomic mass is 16.6. The van der Waals surface area contributed by atoms with E-state index in [0.717, 1.165) is 24.8 Å². The van der Waals surface area contributed by atoms with Crippen molar-refractivity contribution in [2.45, 2.75) is 50.4 Å². The lowest BCUT2D eigenvalue weighted by Crippen LogP contribution is -2.56. The molecule has 1 saturated carbocycles. The molecule has 0 bridgehead atoms. The predicted octanol–water partition coefficient (Wildman–Crippen LogP) is 2.38. The highest BCUT2D eigenvalue weighted by Gasteiger charge is 2.45. The van der Waals surface area contributed by atoms with E-state index in [9.17, 15) is 14.9 Å². The van der Waals surface area contributed by atoms with E-state index in [2.05, 4.69) is 11.4 Å². The zero-order valence-corrected chi connectivity index (χ0v) is 17.2. The summed E-state index contributed by atoms with van der Waals surface area (Å²) in [5.74, 6) is -0.418. The monoisotopic (exact) mass is 415 g/mol. The normalized spacial score (nSPS) is 19.4. The molecule has 0 radical (unpaired) electrons. The fourth-order valence-electron chi connectivity index (χ4n) is 3.75. The number of nitriles is 1. The molecule has 1 heterocycles. The lowest BCUT2D eigenvalue weighted by molar-refractivity contribution is -0.146. The first-order chi connectivity index (χ1) is 14.6. The van der Waals surface area contributed by atoms with E-state index >= 15 is 0 Å². The molecule has 8 heteroatoms. The van der Waals surface area contributed by atoms with Crippen molar-refractivity contribution in [2.24, 2.45) is 0 Å². The van der Waals surface area contributed by atoms with Crippen molar-refractivity contribution in [3.05, 3.63) is 35.9 Å². The Morgan fingerprint density at radius 1 is 1.17 bits per heavy atom. The lowest BCUT2D eigenvalue weighted by atomic mass is 9.83. The number of nitrogens with zero attached hydrogens (tertiary/aromatic N) is 2. The van der Waals surface area contributed by atoms with Gasteiger partial charge in [0.2, 0.25) is 0 Å². The second-order valence-corrected chi connectivity index (χ2v) is 7.68. The zero-order chi connectivity index (χ0) is 21.2. The van der Waals surface area contributed by atoms with Crippen LogP contribution in [0.4, 0.5) is 4.79 Å². The topological polar surface area (TPSA) is 101 Å². The fourth-order valence-corrected chi connectivity index (χ4v) is 3.75. The number of hydrogen-bond acceptors (Lipinski definition) is 6. The van der Waals surface area contributed by atoms with E-state index in [0.29, 0.717) is 45.8 Å². The van der Waals surface area contributed by atoms with Crippen LogP contribution >= 0.6 is 0 Å². The Morgan fingerprint density at radius 3 is 2.53 bits per heavy atom. The molecule has 30 heavy (non-hydrogen) atoms. The summed E-state index contributed by atoms with van der Waals surface area (Å²) < 4.78 is 16.6. The number of morpholine rings is 1. The summed E-state index contributed by atoms with van der Waals surface area (Å²) in [5.41, 5.74) is -0.244. The molecule has 1 atom stereocenters. The van der Waals surface area contributed by atoms with Crippen LogP contribution in [0.3, 0.4) is 0 Å². The van der Waals surface area contributed by atoms with Gasteiger partial charge in [0.1, 0.15) is 6.04 Å². The molecule has 3 rings (SSSR count). The SMILES string of the molecule is N#CC(COCc1ccccc1)NC(=O)C1(OC(=O)N2CCOCC2)CCCCC1. The number of nitrogens with one attached hydrogen (secondary N) is 1. The number of carbonyl (C=O) groups is 2. The maximum atomic E-state index is 13.1. The largest absolute Gasteiger partial charge is 0.433 e. The summed E-state index contributed by atoms with van der Waals surface area (Å²) in [6.07, 6.45) is 3.00. The van der Waals surface area contributed by atoms with Gasteiger partial charge in [0, 0.05) is 13.1 Å². The van der Waals surface area contributed by atoms with Gasteiger partial charge in [-0.25, -0.2) is 4.79 Å². The van der Waals surface area contributed by atoms with Crippen LogP contribution in [-0.4, -0.2) is 61.5 Å². The summed E-state index contributed by atoms with van der Waals surface area (Å²) in [7, 11) is 0. The van der Waals surface area contributed by atoms with E-state index < -0.39 is 23.6 Å². The molecular formula is C22H29N3O5. The van der Waals surface area contributed by atoms with Crippen LogP contribution in [0.25, 0.3) is 0 Å². The minimum absolute atomic E-state index is 0.0601. The van der Waals surface area contributed by atoms with Crippen LogP contribution in [0.15, 0.2) is 30.3 Å². The molecule has 1 saturated heterocycles. The van der Waals surface area contributed by atoms with E-state index in [1.165, 1.54) is 0 Å². The van der Waals surface area contributed by atoms with Gasteiger partial charge in [-0.15, -0.1) is 0 Å². The maximum Gasteiger partial charge on any atom is 0.410 e. The molecule has 1 unspecified atom stereocenters. The Hall–Kier alpha value is -2.63. The third-order valence-electron chi connectivity index (χ3n) is 5.48. The van der Waals surface area contributed by atoms with Crippen molar-refractivity contribution in [3.8, 4) is 6.07 Å². The van der Waals surface area contributed by atoms with Crippen molar-refractivity contribution < 1.29 is 23.8 Å². The van der Waals surface area contributed by atoms with Gasteiger partial charge in [-0.3, -0.25) is 4.79 Å². The minimum Gasteiger partial charge on any atom is -0.433 e. The second-order valence-electron chi connectivity index (χ2n) is 7.68. The number of rotatable bonds is 7. The highest BCUT2D eigenvalue weighted by molar-refractivity contribution is 5.88. The van der Waals surface area contributed by atoms with Crippen LogP contribution < -0.4 is 5.32 Å². The lowest BCUT2D eigenvalue weighted by Gasteiger charge is -2.38. The van der Waals surface area contributed by atoms with Crippen molar-refractivity contribution >= 4 is 12.0 Å². The van der Waals surface area contributed by atoms with Crippen molar-refractivity contribution in [1.29, 1.82) is 5.26 Å². The maximum absolute atomic E-state index is 13.1. The molecule has 1 aromatic carbocycles. The van der Waals surface area contributed by atoms with Gasteiger partial charge in [0.05, 0.1) is 32.5 Å². The van der Waals surface area contributed by atoms with E-state index in [4.69, 9.17) is 14.2 Å². The van der Waals surface area contributed by atoms with Gasteiger partial charge in [-0.1, -0.05) is 36.8 Å². The quantitative estimate of drug-likeness (QED) is 0.734. The predicted molar refractivity (Wildman–Crippen MR) is 108 cm³/mol. The van der Waals surface area contributed by atoms with Crippen LogP contribution in [0.1, 0.15) is 37.7 Å². The Morgan fingerprint density at radius 2 is 1.87 bits per heavy atom.